The number of ether oxygens (including phenoxy) is 2. The topological polar surface area (TPSA) is 108 Å². The molecule has 48 heavy (non-hydrogen) atoms. The average molecular weight is 700 g/mol. The van der Waals surface area contributed by atoms with E-state index in [1.54, 1.807) is 37.5 Å². The highest BCUT2D eigenvalue weighted by Gasteiger charge is 2.44. The van der Waals surface area contributed by atoms with E-state index in [-0.39, 0.29) is 35.6 Å². The van der Waals surface area contributed by atoms with Crippen molar-refractivity contribution in [3.63, 3.8) is 0 Å². The van der Waals surface area contributed by atoms with Crippen LogP contribution >= 0.6 is 11.6 Å². The molecule has 5 rings (SSSR count). The van der Waals surface area contributed by atoms with Crippen LogP contribution < -0.4 is 14.4 Å². The molecular formula is C37H50ClN3O6S. The van der Waals surface area contributed by atoms with E-state index in [4.69, 9.17) is 21.1 Å². The summed E-state index contributed by atoms with van der Waals surface area (Å²) in [6.07, 6.45) is 7.86. The number of aryl methyl sites for hydroxylation is 1. The van der Waals surface area contributed by atoms with Crippen LogP contribution in [0, 0.1) is 17.8 Å². The zero-order valence-corrected chi connectivity index (χ0v) is 29.9. The highest BCUT2D eigenvalue weighted by molar-refractivity contribution is 7.87. The van der Waals surface area contributed by atoms with Gasteiger partial charge in [-0.25, -0.2) is 4.72 Å². The van der Waals surface area contributed by atoms with Gasteiger partial charge in [0.05, 0.1) is 17.9 Å². The molecule has 0 unspecified atom stereocenters. The largest absolute Gasteiger partial charge is 0.487 e. The number of carbonyl (C=O) groups excluding carboxylic acids is 1. The summed E-state index contributed by atoms with van der Waals surface area (Å²) in [7, 11) is -2.57. The lowest BCUT2D eigenvalue weighted by Crippen LogP contribution is -2.57. The molecule has 2 fully saturated rings. The molecule has 0 spiro atoms. The number of hydrogen-bond donors (Lipinski definition) is 2. The summed E-state index contributed by atoms with van der Waals surface area (Å²) in [6, 6.07) is 10.3. The van der Waals surface area contributed by atoms with Crippen molar-refractivity contribution in [2.75, 3.05) is 25.1 Å². The van der Waals surface area contributed by atoms with Gasteiger partial charge in [-0.2, -0.15) is 12.7 Å². The molecule has 0 aromatic heterocycles. The minimum Gasteiger partial charge on any atom is -0.487 e. The van der Waals surface area contributed by atoms with E-state index < -0.39 is 22.2 Å². The van der Waals surface area contributed by atoms with Crippen molar-refractivity contribution in [3.8, 4) is 5.75 Å². The summed E-state index contributed by atoms with van der Waals surface area (Å²) in [4.78, 5) is 16.0. The van der Waals surface area contributed by atoms with Gasteiger partial charge in [-0.1, -0.05) is 36.7 Å². The molecular weight excluding hydrogens is 650 g/mol. The Morgan fingerprint density at radius 2 is 1.96 bits per heavy atom. The van der Waals surface area contributed by atoms with Gasteiger partial charge in [-0.3, -0.25) is 4.79 Å². The predicted octanol–water partition coefficient (Wildman–Crippen LogP) is 6.30. The summed E-state index contributed by atoms with van der Waals surface area (Å²) < 4.78 is 43.2. The maximum absolute atomic E-state index is 13.8. The second kappa shape index (κ2) is 15.8. The molecule has 11 heteroatoms. The number of anilines is 1. The fourth-order valence-electron chi connectivity index (χ4n) is 7.53. The molecule has 0 saturated heterocycles. The van der Waals surface area contributed by atoms with Crippen LogP contribution in [0.2, 0.25) is 5.02 Å². The SMILES string of the molecule is C=CC[C@H](C)N(C1CC(OC)C1)S(=O)(=O)NC(=O)c1ccc2c(c1)N(C[C@H]1[C@H]([C@@H](O)C=C)C[C@H]1C)CCCCc1cc(Cl)ccc1CO2. The van der Waals surface area contributed by atoms with Crippen LogP contribution in [0.1, 0.15) is 73.9 Å². The van der Waals surface area contributed by atoms with Crippen molar-refractivity contribution in [2.24, 2.45) is 17.8 Å². The lowest BCUT2D eigenvalue weighted by atomic mass is 9.63. The van der Waals surface area contributed by atoms with Crippen LogP contribution in [-0.2, 0) is 28.0 Å². The lowest BCUT2D eigenvalue weighted by molar-refractivity contribution is -0.0109. The Labute approximate surface area is 291 Å². The number of nitrogens with zero attached hydrogens (tertiary/aromatic N) is 2. The van der Waals surface area contributed by atoms with Gasteiger partial charge in [0.25, 0.3) is 5.91 Å². The van der Waals surface area contributed by atoms with Crippen molar-refractivity contribution in [1.82, 2.24) is 9.03 Å². The quantitative estimate of drug-likeness (QED) is 0.251. The van der Waals surface area contributed by atoms with Crippen LogP contribution in [-0.4, -0.2) is 68.2 Å². The maximum atomic E-state index is 13.8. The standard InChI is InChI=1S/C37H50ClN3O6S/c1-6-10-25(4)41(30-20-31(21-30)46-5)48(44,45)39-37(43)27-13-15-36-34(19-27)40(22-33-24(3)17-32(33)35(42)7-2)16-9-8-11-26-18-29(38)14-12-28(26)23-47-36/h6-7,12-15,18-19,24-25,30-33,35,42H,1-2,8-11,16-17,20-23H2,3-5H3,(H,39,43)/t24-,25+,30?,31?,32-,33-,35+/m1/s1. The fourth-order valence-corrected chi connectivity index (χ4v) is 9.30. The van der Waals surface area contributed by atoms with Gasteiger partial charge in [0, 0.05) is 42.9 Å². The highest BCUT2D eigenvalue weighted by Crippen LogP contribution is 2.44. The van der Waals surface area contributed by atoms with Crippen molar-refractivity contribution in [3.05, 3.63) is 83.4 Å². The smallest absolute Gasteiger partial charge is 0.304 e. The second-order valence-electron chi connectivity index (χ2n) is 13.7. The van der Waals surface area contributed by atoms with Crippen LogP contribution in [0.25, 0.3) is 0 Å². The molecule has 262 valence electrons. The van der Waals surface area contributed by atoms with E-state index in [9.17, 15) is 18.3 Å². The van der Waals surface area contributed by atoms with E-state index in [1.807, 2.05) is 25.1 Å². The highest BCUT2D eigenvalue weighted by atomic mass is 35.5. The van der Waals surface area contributed by atoms with Gasteiger partial charge in [0.1, 0.15) is 12.4 Å². The van der Waals surface area contributed by atoms with Gasteiger partial charge < -0.3 is 19.5 Å². The molecule has 3 aliphatic rings. The number of halogens is 1. The molecule has 2 aromatic rings. The van der Waals surface area contributed by atoms with Gasteiger partial charge in [-0.05, 0) is 111 Å². The molecule has 1 amide bonds. The number of aliphatic hydroxyl groups excluding tert-OH is 1. The monoisotopic (exact) mass is 699 g/mol. The molecule has 2 aliphatic carbocycles. The molecule has 1 heterocycles. The molecule has 0 bridgehead atoms. The first-order chi connectivity index (χ1) is 22.9. The zero-order chi connectivity index (χ0) is 34.6. The Kier molecular flexibility index (Phi) is 12.0. The molecule has 5 atom stereocenters. The zero-order valence-electron chi connectivity index (χ0n) is 28.3. The number of carbonyl (C=O) groups is 1. The van der Waals surface area contributed by atoms with E-state index in [1.165, 1.54) is 4.31 Å². The van der Waals surface area contributed by atoms with Crippen molar-refractivity contribution in [2.45, 2.75) is 89.7 Å². The molecule has 1 aliphatic heterocycles. The lowest BCUT2D eigenvalue weighted by Gasteiger charge is -2.47. The summed E-state index contributed by atoms with van der Waals surface area (Å²) in [5.41, 5.74) is 3.15. The first-order valence-corrected chi connectivity index (χ1v) is 18.9. The van der Waals surface area contributed by atoms with E-state index in [0.717, 1.165) is 42.5 Å². The van der Waals surface area contributed by atoms with Gasteiger partial charge in [0.2, 0.25) is 0 Å². The number of aliphatic hydroxyl groups is 1. The summed E-state index contributed by atoms with van der Waals surface area (Å²) in [5.74, 6) is 0.607. The fraction of sp³-hybridized carbons (Fsp3) is 0.541. The predicted molar refractivity (Wildman–Crippen MR) is 191 cm³/mol. The molecule has 9 nitrogen and oxygen atoms in total. The van der Waals surface area contributed by atoms with Crippen LogP contribution in [0.5, 0.6) is 5.75 Å². The summed E-state index contributed by atoms with van der Waals surface area (Å²) in [5, 5.41) is 11.4. The third kappa shape index (κ3) is 8.11. The molecule has 2 aromatic carbocycles. The number of benzene rings is 2. The van der Waals surface area contributed by atoms with Gasteiger partial charge >= 0.3 is 10.2 Å². The first-order valence-electron chi connectivity index (χ1n) is 17.0. The maximum Gasteiger partial charge on any atom is 0.304 e. The third-order valence-electron chi connectivity index (χ3n) is 10.5. The first kappa shape index (κ1) is 36.4. The van der Waals surface area contributed by atoms with E-state index in [2.05, 4.69) is 29.7 Å². The van der Waals surface area contributed by atoms with Crippen LogP contribution in [0.4, 0.5) is 5.69 Å². The number of nitrogens with one attached hydrogen (secondary N) is 1. The Balaban J connectivity index is 1.46. The van der Waals surface area contributed by atoms with E-state index >= 15 is 0 Å². The normalized spacial score (nSPS) is 25.5. The molecule has 2 saturated carbocycles. The van der Waals surface area contributed by atoms with Crippen molar-refractivity contribution < 1.29 is 27.8 Å². The number of amides is 1. The van der Waals surface area contributed by atoms with Crippen molar-refractivity contribution >= 4 is 33.4 Å². The second-order valence-corrected chi connectivity index (χ2v) is 15.7. The molecule has 2 N–H and O–H groups in total. The average Bonchev–Trinajstić information content (AvgIpc) is 3.06. The minimum absolute atomic E-state index is 0.00835. The van der Waals surface area contributed by atoms with Gasteiger partial charge in [0.15, 0.2) is 0 Å². The van der Waals surface area contributed by atoms with Crippen LogP contribution in [0.3, 0.4) is 0 Å². The Bertz CT molecular complexity index is 1580. The third-order valence-corrected chi connectivity index (χ3v) is 12.4. The number of rotatable bonds is 12. The number of methoxy groups -OCH3 is 1. The Morgan fingerprint density at radius 1 is 1.19 bits per heavy atom. The summed E-state index contributed by atoms with van der Waals surface area (Å²) in [6.45, 7) is 13.3. The number of hydrogen-bond acceptors (Lipinski definition) is 7. The van der Waals surface area contributed by atoms with Gasteiger partial charge in [-0.15, -0.1) is 13.2 Å². The minimum atomic E-state index is -4.19. The summed E-state index contributed by atoms with van der Waals surface area (Å²) >= 11 is 6.34. The van der Waals surface area contributed by atoms with E-state index in [0.29, 0.717) is 55.6 Å². The van der Waals surface area contributed by atoms with Crippen molar-refractivity contribution in [1.29, 1.82) is 0 Å². The Morgan fingerprint density at radius 3 is 2.65 bits per heavy atom. The Hall–Kier alpha value is -2.89. The number of fused-ring (bicyclic) bond motifs is 2. The molecule has 0 radical (unpaired) electrons. The van der Waals surface area contributed by atoms with Crippen LogP contribution in [0.15, 0.2) is 61.7 Å².